The van der Waals surface area contributed by atoms with Gasteiger partial charge in [-0.15, -0.1) is 0 Å². The predicted molar refractivity (Wildman–Crippen MR) is 60.3 cm³/mol. The van der Waals surface area contributed by atoms with Gasteiger partial charge in [0.2, 0.25) is 0 Å². The highest BCUT2D eigenvalue weighted by Crippen LogP contribution is 2.17. The minimum absolute atomic E-state index is 0.349. The van der Waals surface area contributed by atoms with Gasteiger partial charge in [0.25, 0.3) is 0 Å². The molecule has 1 unspecified atom stereocenters. The van der Waals surface area contributed by atoms with E-state index in [2.05, 4.69) is 16.8 Å². The van der Waals surface area contributed by atoms with E-state index in [9.17, 15) is 0 Å². The summed E-state index contributed by atoms with van der Waals surface area (Å²) in [6, 6.07) is 0. The van der Waals surface area contributed by atoms with Crippen LogP contribution < -0.4 is 0 Å². The van der Waals surface area contributed by atoms with Crippen molar-refractivity contribution in [2.45, 2.75) is 12.8 Å². The quantitative estimate of drug-likeness (QED) is 0.511. The van der Waals surface area contributed by atoms with Gasteiger partial charge in [0.15, 0.2) is 0 Å². The lowest BCUT2D eigenvalue weighted by Gasteiger charge is -2.37. The number of piperazine rings is 1. The van der Waals surface area contributed by atoms with Gasteiger partial charge in [-0.2, -0.15) is 0 Å². The van der Waals surface area contributed by atoms with Gasteiger partial charge in [-0.3, -0.25) is 5.41 Å². The van der Waals surface area contributed by atoms with Crippen LogP contribution in [0.15, 0.2) is 0 Å². The Kier molecular flexibility index (Phi) is 3.59. The Morgan fingerprint density at radius 2 is 2.00 bits per heavy atom. The molecule has 0 aliphatic carbocycles. The standard InChI is InChI=1S/C11H21N3O/c1-13-4-6-14(7-5-13)11(12)10-3-2-8-15-9-10/h10,12H,2-9H2,1H3. The summed E-state index contributed by atoms with van der Waals surface area (Å²) in [5, 5.41) is 8.17. The van der Waals surface area contributed by atoms with Gasteiger partial charge in [0.1, 0.15) is 5.84 Å². The second-order valence-corrected chi connectivity index (χ2v) is 4.59. The Balaban J connectivity index is 1.84. The molecule has 0 bridgehead atoms. The van der Waals surface area contributed by atoms with Gasteiger partial charge in [-0.25, -0.2) is 0 Å². The highest BCUT2D eigenvalue weighted by molar-refractivity contribution is 5.82. The van der Waals surface area contributed by atoms with Crippen LogP contribution >= 0.6 is 0 Å². The number of hydrogen-bond donors (Lipinski definition) is 1. The van der Waals surface area contributed by atoms with Crippen molar-refractivity contribution in [2.75, 3.05) is 46.4 Å². The second-order valence-electron chi connectivity index (χ2n) is 4.59. The molecule has 2 aliphatic rings. The summed E-state index contributed by atoms with van der Waals surface area (Å²) in [4.78, 5) is 4.54. The Morgan fingerprint density at radius 1 is 1.27 bits per heavy atom. The van der Waals surface area contributed by atoms with Gasteiger partial charge in [0, 0.05) is 38.7 Å². The highest BCUT2D eigenvalue weighted by atomic mass is 16.5. The lowest BCUT2D eigenvalue weighted by atomic mass is 10.00. The lowest BCUT2D eigenvalue weighted by molar-refractivity contribution is 0.0706. The van der Waals surface area contributed by atoms with Gasteiger partial charge < -0.3 is 14.5 Å². The molecule has 1 atom stereocenters. The minimum atomic E-state index is 0.349. The van der Waals surface area contributed by atoms with E-state index < -0.39 is 0 Å². The number of likely N-dealkylation sites (N-methyl/N-ethyl adjacent to an activating group) is 1. The smallest absolute Gasteiger partial charge is 0.101 e. The molecular formula is C11H21N3O. The normalized spacial score (nSPS) is 29.1. The maximum Gasteiger partial charge on any atom is 0.101 e. The summed E-state index contributed by atoms with van der Waals surface area (Å²) in [6.07, 6.45) is 2.24. The first-order valence-corrected chi connectivity index (χ1v) is 5.87. The Morgan fingerprint density at radius 3 is 2.60 bits per heavy atom. The third-order valence-corrected chi connectivity index (χ3v) is 3.39. The second kappa shape index (κ2) is 4.94. The molecule has 86 valence electrons. The molecule has 2 fully saturated rings. The van der Waals surface area contributed by atoms with Crippen LogP contribution in [0.3, 0.4) is 0 Å². The molecule has 0 spiro atoms. The third-order valence-electron chi connectivity index (χ3n) is 3.39. The topological polar surface area (TPSA) is 39.6 Å². The minimum Gasteiger partial charge on any atom is -0.381 e. The molecular weight excluding hydrogens is 190 g/mol. The zero-order valence-corrected chi connectivity index (χ0v) is 9.54. The monoisotopic (exact) mass is 211 g/mol. The average molecular weight is 211 g/mol. The molecule has 0 aromatic heterocycles. The van der Waals surface area contributed by atoms with Crippen LogP contribution in [0.4, 0.5) is 0 Å². The predicted octanol–water partition coefficient (Wildman–Crippen LogP) is 0.638. The first-order valence-electron chi connectivity index (χ1n) is 5.87. The summed E-state index contributed by atoms with van der Waals surface area (Å²) in [6.45, 7) is 5.81. The van der Waals surface area contributed by atoms with Gasteiger partial charge >= 0.3 is 0 Å². The van der Waals surface area contributed by atoms with Crippen LogP contribution in [-0.2, 0) is 4.74 Å². The van der Waals surface area contributed by atoms with Crippen molar-refractivity contribution in [1.29, 1.82) is 5.41 Å². The summed E-state index contributed by atoms with van der Waals surface area (Å²) in [5.74, 6) is 1.16. The number of ether oxygens (including phenoxy) is 1. The molecule has 4 heteroatoms. The molecule has 0 aromatic carbocycles. The maximum absolute atomic E-state index is 8.17. The van der Waals surface area contributed by atoms with Crippen LogP contribution in [0.2, 0.25) is 0 Å². The van der Waals surface area contributed by atoms with Crippen LogP contribution in [0.5, 0.6) is 0 Å². The van der Waals surface area contributed by atoms with Crippen molar-refractivity contribution in [3.05, 3.63) is 0 Å². The Bertz CT molecular complexity index is 218. The average Bonchev–Trinajstić information content (AvgIpc) is 2.30. The SMILES string of the molecule is CN1CCN(C(=N)C2CCCOC2)CC1. The number of nitrogens with zero attached hydrogens (tertiary/aromatic N) is 2. The Hall–Kier alpha value is -0.610. The first kappa shape index (κ1) is 10.9. The molecule has 0 amide bonds. The summed E-state index contributed by atoms with van der Waals surface area (Å²) in [5.41, 5.74) is 0. The molecule has 1 N–H and O–H groups in total. The highest BCUT2D eigenvalue weighted by Gasteiger charge is 2.25. The largest absolute Gasteiger partial charge is 0.381 e. The lowest BCUT2D eigenvalue weighted by Crippen LogP contribution is -2.49. The van der Waals surface area contributed by atoms with Crippen LogP contribution in [-0.4, -0.2) is 62.1 Å². The van der Waals surface area contributed by atoms with Crippen molar-refractivity contribution in [3.63, 3.8) is 0 Å². The third kappa shape index (κ3) is 2.69. The first-order chi connectivity index (χ1) is 7.27. The van der Waals surface area contributed by atoms with Crippen LogP contribution in [0.25, 0.3) is 0 Å². The molecule has 0 saturated carbocycles. The van der Waals surface area contributed by atoms with Gasteiger partial charge in [-0.05, 0) is 19.9 Å². The summed E-state index contributed by atoms with van der Waals surface area (Å²) >= 11 is 0. The molecule has 2 rings (SSSR count). The fourth-order valence-electron chi connectivity index (χ4n) is 2.26. The fraction of sp³-hybridized carbons (Fsp3) is 0.909. The van der Waals surface area contributed by atoms with Crippen LogP contribution in [0, 0.1) is 11.3 Å². The van der Waals surface area contributed by atoms with Gasteiger partial charge in [0.05, 0.1) is 6.61 Å². The fourth-order valence-corrected chi connectivity index (χ4v) is 2.26. The molecule has 2 heterocycles. The summed E-state index contributed by atoms with van der Waals surface area (Å²) < 4.78 is 5.44. The molecule has 0 aromatic rings. The van der Waals surface area contributed by atoms with E-state index in [0.717, 1.165) is 58.1 Å². The zero-order valence-electron chi connectivity index (χ0n) is 9.54. The number of rotatable bonds is 1. The summed E-state index contributed by atoms with van der Waals surface area (Å²) in [7, 11) is 2.14. The van der Waals surface area contributed by atoms with Crippen molar-refractivity contribution in [3.8, 4) is 0 Å². The molecule has 2 aliphatic heterocycles. The number of amidine groups is 1. The zero-order chi connectivity index (χ0) is 10.7. The van der Waals surface area contributed by atoms with E-state index in [1.54, 1.807) is 0 Å². The van der Waals surface area contributed by atoms with E-state index in [1.165, 1.54) is 0 Å². The van der Waals surface area contributed by atoms with Gasteiger partial charge in [-0.1, -0.05) is 0 Å². The van der Waals surface area contributed by atoms with Crippen molar-refractivity contribution in [2.24, 2.45) is 5.92 Å². The Labute approximate surface area is 91.7 Å². The molecule has 2 saturated heterocycles. The van der Waals surface area contributed by atoms with Crippen molar-refractivity contribution < 1.29 is 4.74 Å². The van der Waals surface area contributed by atoms with Crippen LogP contribution in [0.1, 0.15) is 12.8 Å². The molecule has 4 nitrogen and oxygen atoms in total. The number of nitrogens with one attached hydrogen (secondary N) is 1. The van der Waals surface area contributed by atoms with Crippen molar-refractivity contribution in [1.82, 2.24) is 9.80 Å². The van der Waals surface area contributed by atoms with E-state index in [4.69, 9.17) is 10.1 Å². The van der Waals surface area contributed by atoms with E-state index in [1.807, 2.05) is 0 Å². The van der Waals surface area contributed by atoms with Crippen molar-refractivity contribution >= 4 is 5.84 Å². The van der Waals surface area contributed by atoms with E-state index >= 15 is 0 Å². The number of hydrogen-bond acceptors (Lipinski definition) is 3. The molecule has 15 heavy (non-hydrogen) atoms. The van der Waals surface area contributed by atoms with E-state index in [-0.39, 0.29) is 0 Å². The van der Waals surface area contributed by atoms with E-state index in [0.29, 0.717) is 5.92 Å². The maximum atomic E-state index is 8.17. The molecule has 0 radical (unpaired) electrons.